The first-order chi connectivity index (χ1) is 11.8. The number of anilines is 1. The number of halogens is 3. The molecule has 4 nitrogen and oxygen atoms in total. The van der Waals surface area contributed by atoms with Crippen molar-refractivity contribution in [2.75, 3.05) is 32.1 Å². The lowest BCUT2D eigenvalue weighted by Crippen LogP contribution is -2.43. The minimum absolute atomic E-state index is 0.553. The average Bonchev–Trinajstić information content (AvgIpc) is 2.58. The topological polar surface area (TPSA) is 36.5 Å². The van der Waals surface area contributed by atoms with Gasteiger partial charge in [0.05, 0.1) is 5.82 Å². The van der Waals surface area contributed by atoms with Gasteiger partial charge in [-0.15, -0.1) is 13.2 Å². The number of rotatable bonds is 6. The van der Waals surface area contributed by atoms with E-state index in [4.69, 9.17) is 0 Å². The van der Waals surface area contributed by atoms with Crippen LogP contribution in [0, 0.1) is 0 Å². The van der Waals surface area contributed by atoms with Crippen molar-refractivity contribution in [3.8, 4) is 0 Å². The predicted molar refractivity (Wildman–Crippen MR) is 95.2 cm³/mol. The van der Waals surface area contributed by atoms with Crippen molar-refractivity contribution in [3.63, 3.8) is 0 Å². The average molecular weight is 359 g/mol. The number of benzene rings is 1. The zero-order valence-electron chi connectivity index (χ0n) is 14.9. The van der Waals surface area contributed by atoms with Crippen LogP contribution in [0.4, 0.5) is 18.9 Å². The van der Waals surface area contributed by atoms with Crippen LogP contribution in [0.5, 0.6) is 0 Å². The minimum Gasteiger partial charge on any atom is -0.369 e. The molecule has 1 heterocycles. The van der Waals surface area contributed by atoms with Crippen LogP contribution >= 0.6 is 0 Å². The fourth-order valence-electron chi connectivity index (χ4n) is 2.60. The Morgan fingerprint density at radius 3 is 2.28 bits per heavy atom. The molecule has 0 atom stereocenters. The number of piperidine rings is 1. The van der Waals surface area contributed by atoms with E-state index in [0.29, 0.717) is 13.2 Å². The van der Waals surface area contributed by atoms with Crippen LogP contribution in [0.25, 0.3) is 0 Å². The van der Waals surface area contributed by atoms with E-state index in [2.05, 4.69) is 45.9 Å². The third kappa shape index (κ3) is 9.99. The summed E-state index contributed by atoms with van der Waals surface area (Å²) >= 11 is 0. The largest absolute Gasteiger partial charge is 0.522 e. The Morgan fingerprint density at radius 1 is 1.24 bits per heavy atom. The molecule has 142 valence electrons. The van der Waals surface area contributed by atoms with Gasteiger partial charge in [-0.1, -0.05) is 31.7 Å². The van der Waals surface area contributed by atoms with Gasteiger partial charge in [-0.05, 0) is 37.9 Å². The van der Waals surface area contributed by atoms with E-state index in [1.54, 1.807) is 0 Å². The summed E-state index contributed by atoms with van der Waals surface area (Å²) in [5, 5.41) is 6.80. The smallest absolute Gasteiger partial charge is 0.369 e. The van der Waals surface area contributed by atoms with Crippen molar-refractivity contribution in [1.29, 1.82) is 0 Å². The van der Waals surface area contributed by atoms with Gasteiger partial charge in [0.15, 0.2) is 0 Å². The number of nitrogens with zero attached hydrogens (tertiary/aromatic N) is 1. The molecule has 1 aliphatic heterocycles. The van der Waals surface area contributed by atoms with Gasteiger partial charge in [0.2, 0.25) is 0 Å². The molecule has 0 radical (unpaired) electrons. The van der Waals surface area contributed by atoms with E-state index in [0.717, 1.165) is 11.5 Å². The molecule has 1 fully saturated rings. The Bertz CT molecular complexity index is 486. The molecule has 0 aliphatic carbocycles. The molecule has 0 amide bonds. The normalized spacial score (nSPS) is 15.9. The van der Waals surface area contributed by atoms with E-state index in [1.165, 1.54) is 38.9 Å². The van der Waals surface area contributed by atoms with Gasteiger partial charge >= 0.3 is 6.36 Å². The number of hydrogen-bond acceptors (Lipinski definition) is 4. The number of alkyl halides is 3. The second-order valence-corrected chi connectivity index (χ2v) is 5.88. The van der Waals surface area contributed by atoms with Crippen molar-refractivity contribution in [1.82, 2.24) is 10.2 Å². The molecular weight excluding hydrogens is 331 g/mol. The second-order valence-electron chi connectivity index (χ2n) is 5.88. The van der Waals surface area contributed by atoms with E-state index >= 15 is 0 Å². The number of ether oxygens (including phenoxy) is 1. The summed E-state index contributed by atoms with van der Waals surface area (Å²) in [7, 11) is 0.583. The van der Waals surface area contributed by atoms with Gasteiger partial charge in [0, 0.05) is 31.9 Å². The highest BCUT2D eigenvalue weighted by atomic mass is 19.4. The van der Waals surface area contributed by atoms with Gasteiger partial charge in [0.1, 0.15) is 0 Å². The molecule has 0 spiro atoms. The molecule has 0 aromatic heterocycles. The lowest BCUT2D eigenvalue weighted by atomic mass is 10.1. The zero-order valence-corrected chi connectivity index (χ0v) is 14.9. The zero-order chi connectivity index (χ0) is 18.7. The quantitative estimate of drug-likeness (QED) is 0.799. The highest BCUT2D eigenvalue weighted by Crippen LogP contribution is 2.14. The minimum atomic E-state index is -4.46. The summed E-state index contributed by atoms with van der Waals surface area (Å²) in [6.45, 7) is 9.94. The van der Waals surface area contributed by atoms with E-state index in [1.807, 2.05) is 18.2 Å². The Labute approximate surface area is 148 Å². The molecule has 2 N–H and O–H groups in total. The molecule has 1 aromatic rings. The molecule has 0 bridgehead atoms. The molecule has 0 saturated carbocycles. The first kappa shape index (κ1) is 21.3. The van der Waals surface area contributed by atoms with Crippen LogP contribution in [0.15, 0.2) is 42.7 Å². The SMILES string of the molecule is C=C(Nc1ccccc1)NC1CCN(CCC)CC1.COC(F)(F)F. The Morgan fingerprint density at radius 2 is 1.80 bits per heavy atom. The van der Waals surface area contributed by atoms with E-state index in [-0.39, 0.29) is 0 Å². The van der Waals surface area contributed by atoms with Gasteiger partial charge in [-0.3, -0.25) is 4.74 Å². The highest BCUT2D eigenvalue weighted by Gasteiger charge is 2.25. The van der Waals surface area contributed by atoms with Crippen molar-refractivity contribution in [3.05, 3.63) is 42.7 Å². The van der Waals surface area contributed by atoms with Crippen molar-refractivity contribution in [2.24, 2.45) is 0 Å². The number of nitrogens with one attached hydrogen (secondary N) is 2. The third-order valence-corrected chi connectivity index (χ3v) is 3.81. The van der Waals surface area contributed by atoms with Crippen LogP contribution in [0.3, 0.4) is 0 Å². The molecule has 0 unspecified atom stereocenters. The van der Waals surface area contributed by atoms with Crippen LogP contribution in [0.1, 0.15) is 26.2 Å². The van der Waals surface area contributed by atoms with Gasteiger partial charge in [-0.25, -0.2) is 0 Å². The summed E-state index contributed by atoms with van der Waals surface area (Å²) in [6, 6.07) is 10.7. The third-order valence-electron chi connectivity index (χ3n) is 3.81. The summed E-state index contributed by atoms with van der Waals surface area (Å²) < 4.78 is 34.6. The van der Waals surface area contributed by atoms with Crippen molar-refractivity contribution < 1.29 is 17.9 Å². The number of para-hydroxylation sites is 1. The Kier molecular flexibility index (Phi) is 9.37. The maximum absolute atomic E-state index is 10.6. The van der Waals surface area contributed by atoms with Crippen LogP contribution in [-0.2, 0) is 4.74 Å². The summed E-state index contributed by atoms with van der Waals surface area (Å²) in [4.78, 5) is 2.55. The molecule has 25 heavy (non-hydrogen) atoms. The monoisotopic (exact) mass is 359 g/mol. The van der Waals surface area contributed by atoms with Gasteiger partial charge in [0.25, 0.3) is 0 Å². The fourth-order valence-corrected chi connectivity index (χ4v) is 2.60. The standard InChI is InChI=1S/C16H25N3.C2H3F3O/c1-3-11-19-12-9-16(10-13-19)18-14(2)17-15-7-5-4-6-8-15;1-6-2(3,4)5/h4-8,16-18H,2-3,9-13H2,1H3;1H3. The van der Waals surface area contributed by atoms with Crippen LogP contribution in [0.2, 0.25) is 0 Å². The molecule has 2 rings (SSSR count). The summed E-state index contributed by atoms with van der Waals surface area (Å²) in [5.74, 6) is 0.903. The molecular formula is C18H28F3N3O. The summed E-state index contributed by atoms with van der Waals surface area (Å²) in [6.07, 6.45) is -0.800. The Hall–Kier alpha value is -1.73. The number of methoxy groups -OCH3 is 1. The maximum Gasteiger partial charge on any atom is 0.522 e. The van der Waals surface area contributed by atoms with E-state index in [9.17, 15) is 13.2 Å². The molecule has 7 heteroatoms. The lowest BCUT2D eigenvalue weighted by Gasteiger charge is -2.33. The number of hydrogen-bond donors (Lipinski definition) is 2. The highest BCUT2D eigenvalue weighted by molar-refractivity contribution is 5.46. The number of likely N-dealkylation sites (tertiary alicyclic amines) is 1. The van der Waals surface area contributed by atoms with Gasteiger partial charge < -0.3 is 15.5 Å². The maximum atomic E-state index is 10.6. The van der Waals surface area contributed by atoms with Crippen LogP contribution < -0.4 is 10.6 Å². The van der Waals surface area contributed by atoms with Gasteiger partial charge in [-0.2, -0.15) is 0 Å². The molecule has 1 aromatic carbocycles. The first-order valence-electron chi connectivity index (χ1n) is 8.45. The lowest BCUT2D eigenvalue weighted by molar-refractivity contribution is -0.311. The van der Waals surface area contributed by atoms with E-state index < -0.39 is 6.36 Å². The summed E-state index contributed by atoms with van der Waals surface area (Å²) in [5.41, 5.74) is 1.09. The predicted octanol–water partition coefficient (Wildman–Crippen LogP) is 4.19. The van der Waals surface area contributed by atoms with Crippen molar-refractivity contribution >= 4 is 5.69 Å². The second kappa shape index (κ2) is 11.0. The fraction of sp³-hybridized carbons (Fsp3) is 0.556. The van der Waals surface area contributed by atoms with Crippen LogP contribution in [-0.4, -0.2) is 44.0 Å². The first-order valence-corrected chi connectivity index (χ1v) is 8.45. The van der Waals surface area contributed by atoms with Crippen molar-refractivity contribution in [2.45, 2.75) is 38.6 Å². The molecule has 1 saturated heterocycles. The molecule has 1 aliphatic rings. The Balaban J connectivity index is 0.000000450.